The van der Waals surface area contributed by atoms with Gasteiger partial charge in [0.25, 0.3) is 0 Å². The number of rotatable bonds is 10. The van der Waals surface area contributed by atoms with Crippen molar-refractivity contribution in [1.29, 1.82) is 0 Å². The molecule has 0 aromatic rings. The van der Waals surface area contributed by atoms with Gasteiger partial charge in [0.05, 0.1) is 13.2 Å². The molecule has 0 amide bonds. The second-order valence-electron chi connectivity index (χ2n) is 5.89. The molecule has 0 aliphatic carbocycles. The maximum Gasteiger partial charge on any atom is 0.326 e. The van der Waals surface area contributed by atoms with Gasteiger partial charge in [-0.3, -0.25) is 10.1 Å². The van der Waals surface area contributed by atoms with E-state index in [1.807, 2.05) is 34.7 Å². The molecule has 0 aliphatic heterocycles. The molecule has 0 rings (SSSR count). The third-order valence-corrected chi connectivity index (χ3v) is 3.46. The fourth-order valence-corrected chi connectivity index (χ4v) is 2.15. The van der Waals surface area contributed by atoms with Gasteiger partial charge in [-0.25, -0.2) is 0 Å². The maximum atomic E-state index is 12.2. The third kappa shape index (κ3) is 6.68. The van der Waals surface area contributed by atoms with Crippen molar-refractivity contribution >= 4 is 5.97 Å². The quantitative estimate of drug-likeness (QED) is 0.620. The van der Waals surface area contributed by atoms with Gasteiger partial charge >= 0.3 is 5.97 Å². The van der Waals surface area contributed by atoms with Gasteiger partial charge in [0.15, 0.2) is 0 Å². The molecule has 0 radical (unpaired) electrons. The fourth-order valence-electron chi connectivity index (χ4n) is 2.15. The van der Waals surface area contributed by atoms with Gasteiger partial charge in [-0.15, -0.1) is 0 Å². The Labute approximate surface area is 124 Å². The summed E-state index contributed by atoms with van der Waals surface area (Å²) in [6, 6.07) is 0.552. The van der Waals surface area contributed by atoms with Crippen LogP contribution in [-0.4, -0.2) is 62.4 Å². The zero-order chi connectivity index (χ0) is 15.8. The van der Waals surface area contributed by atoms with Crippen molar-refractivity contribution < 1.29 is 14.3 Å². The molecule has 2 unspecified atom stereocenters. The van der Waals surface area contributed by atoms with E-state index >= 15 is 0 Å². The number of hydrogen-bond donors (Lipinski definition) is 1. The van der Waals surface area contributed by atoms with Crippen molar-refractivity contribution in [2.24, 2.45) is 0 Å². The van der Waals surface area contributed by atoms with Gasteiger partial charge in [0.2, 0.25) is 0 Å². The highest BCUT2D eigenvalue weighted by Gasteiger charge is 2.35. The van der Waals surface area contributed by atoms with Gasteiger partial charge in [0, 0.05) is 25.7 Å². The van der Waals surface area contributed by atoms with E-state index in [0.29, 0.717) is 25.7 Å². The molecule has 0 fully saturated rings. The second kappa shape index (κ2) is 9.32. The number of likely N-dealkylation sites (N-methyl/N-ethyl adjacent to an activating group) is 1. The lowest BCUT2D eigenvalue weighted by atomic mass is 9.96. The minimum atomic E-state index is -0.648. The van der Waals surface area contributed by atoms with E-state index in [-0.39, 0.29) is 12.0 Å². The summed E-state index contributed by atoms with van der Waals surface area (Å²) in [5, 5.41) is 3.33. The summed E-state index contributed by atoms with van der Waals surface area (Å²) >= 11 is 0. The minimum Gasteiger partial charge on any atom is -0.465 e. The Hall–Kier alpha value is -0.650. The lowest BCUT2D eigenvalue weighted by molar-refractivity contribution is -0.151. The highest BCUT2D eigenvalue weighted by Crippen LogP contribution is 2.15. The van der Waals surface area contributed by atoms with Crippen LogP contribution >= 0.6 is 0 Å². The first-order valence-corrected chi connectivity index (χ1v) is 7.41. The van der Waals surface area contributed by atoms with Crippen molar-refractivity contribution in [2.45, 2.75) is 58.7 Å². The maximum absolute atomic E-state index is 12.2. The first-order valence-electron chi connectivity index (χ1n) is 7.41. The number of nitrogens with one attached hydrogen (secondary N) is 1. The molecule has 0 aliphatic rings. The van der Waals surface area contributed by atoms with Crippen molar-refractivity contribution in [3.05, 3.63) is 0 Å². The molecule has 5 nitrogen and oxygen atoms in total. The van der Waals surface area contributed by atoms with Crippen LogP contribution in [0.2, 0.25) is 0 Å². The standard InChI is InChI=1S/C15H32N2O3/c1-8-20-14(18)15(5,16-12(2)3)9-10-17(6)13(4)11-19-7/h12-13,16H,8-11H2,1-7H3. The Kier molecular flexibility index (Phi) is 9.01. The van der Waals surface area contributed by atoms with Crippen LogP contribution in [0.4, 0.5) is 0 Å². The monoisotopic (exact) mass is 288 g/mol. The Morgan fingerprint density at radius 2 is 1.95 bits per heavy atom. The van der Waals surface area contributed by atoms with Gasteiger partial charge in [-0.2, -0.15) is 0 Å². The van der Waals surface area contributed by atoms with Gasteiger partial charge in [-0.1, -0.05) is 0 Å². The molecular formula is C15H32N2O3. The first-order chi connectivity index (χ1) is 9.26. The molecule has 5 heteroatoms. The van der Waals surface area contributed by atoms with Crippen LogP contribution in [0.1, 0.15) is 41.0 Å². The number of methoxy groups -OCH3 is 1. The van der Waals surface area contributed by atoms with E-state index in [1.54, 1.807) is 7.11 Å². The van der Waals surface area contributed by atoms with Crippen LogP contribution in [0.25, 0.3) is 0 Å². The predicted octanol–water partition coefficient (Wildman–Crippen LogP) is 1.66. The number of esters is 1. The first kappa shape index (κ1) is 19.4. The fraction of sp³-hybridized carbons (Fsp3) is 0.933. The third-order valence-electron chi connectivity index (χ3n) is 3.46. The average molecular weight is 288 g/mol. The van der Waals surface area contributed by atoms with Crippen molar-refractivity contribution in [1.82, 2.24) is 10.2 Å². The Balaban J connectivity index is 4.61. The molecule has 0 aromatic carbocycles. The van der Waals surface area contributed by atoms with Crippen LogP contribution in [0.3, 0.4) is 0 Å². The molecule has 0 spiro atoms. The Morgan fingerprint density at radius 1 is 1.35 bits per heavy atom. The zero-order valence-electron chi connectivity index (χ0n) is 14.2. The predicted molar refractivity (Wildman–Crippen MR) is 81.9 cm³/mol. The molecule has 120 valence electrons. The summed E-state index contributed by atoms with van der Waals surface area (Å²) in [6.45, 7) is 11.8. The summed E-state index contributed by atoms with van der Waals surface area (Å²) in [4.78, 5) is 14.4. The number of nitrogens with zero attached hydrogens (tertiary/aromatic N) is 1. The van der Waals surface area contributed by atoms with Gasteiger partial charge in [0.1, 0.15) is 5.54 Å². The Bertz CT molecular complexity index is 284. The normalized spacial score (nSPS) is 16.2. The van der Waals surface area contributed by atoms with Crippen LogP contribution in [-0.2, 0) is 14.3 Å². The van der Waals surface area contributed by atoms with Crippen LogP contribution in [0.15, 0.2) is 0 Å². The molecule has 0 aromatic heterocycles. The number of ether oxygens (including phenoxy) is 2. The van der Waals surface area contributed by atoms with Crippen molar-refractivity contribution in [2.75, 3.05) is 33.9 Å². The molecule has 0 saturated carbocycles. The number of hydrogen-bond acceptors (Lipinski definition) is 5. The minimum absolute atomic E-state index is 0.179. The van der Waals surface area contributed by atoms with Crippen molar-refractivity contribution in [3.8, 4) is 0 Å². The molecule has 0 heterocycles. The van der Waals surface area contributed by atoms with Crippen LogP contribution in [0, 0.1) is 0 Å². The van der Waals surface area contributed by atoms with Crippen molar-refractivity contribution in [3.63, 3.8) is 0 Å². The smallest absolute Gasteiger partial charge is 0.326 e. The highest BCUT2D eigenvalue weighted by atomic mass is 16.5. The topological polar surface area (TPSA) is 50.8 Å². The summed E-state index contributed by atoms with van der Waals surface area (Å²) in [7, 11) is 3.75. The second-order valence-corrected chi connectivity index (χ2v) is 5.89. The zero-order valence-corrected chi connectivity index (χ0v) is 14.2. The lowest BCUT2D eigenvalue weighted by Crippen LogP contribution is -2.55. The van der Waals surface area contributed by atoms with E-state index in [1.165, 1.54) is 0 Å². The van der Waals surface area contributed by atoms with E-state index in [0.717, 1.165) is 6.54 Å². The summed E-state index contributed by atoms with van der Waals surface area (Å²) < 4.78 is 10.4. The number of carbonyl (C=O) groups is 1. The number of carbonyl (C=O) groups excluding carboxylic acids is 1. The molecule has 0 bridgehead atoms. The van der Waals surface area contributed by atoms with Gasteiger partial charge in [-0.05, 0) is 48.1 Å². The molecule has 20 heavy (non-hydrogen) atoms. The largest absolute Gasteiger partial charge is 0.465 e. The van der Waals surface area contributed by atoms with E-state index < -0.39 is 5.54 Å². The lowest BCUT2D eigenvalue weighted by Gasteiger charge is -2.33. The van der Waals surface area contributed by atoms with E-state index in [2.05, 4.69) is 17.1 Å². The molecule has 1 N–H and O–H groups in total. The summed E-state index contributed by atoms with van der Waals surface area (Å²) in [6.07, 6.45) is 0.703. The Morgan fingerprint density at radius 3 is 2.40 bits per heavy atom. The SMILES string of the molecule is CCOC(=O)C(C)(CCN(C)C(C)COC)NC(C)C. The molecular weight excluding hydrogens is 256 g/mol. The van der Waals surface area contributed by atoms with Crippen LogP contribution in [0.5, 0.6) is 0 Å². The van der Waals surface area contributed by atoms with E-state index in [9.17, 15) is 4.79 Å². The average Bonchev–Trinajstić information content (AvgIpc) is 2.35. The van der Waals surface area contributed by atoms with Crippen LogP contribution < -0.4 is 5.32 Å². The molecule has 2 atom stereocenters. The highest BCUT2D eigenvalue weighted by molar-refractivity contribution is 5.80. The van der Waals surface area contributed by atoms with E-state index in [4.69, 9.17) is 9.47 Å². The van der Waals surface area contributed by atoms with Gasteiger partial charge < -0.3 is 14.4 Å². The molecule has 0 saturated heterocycles. The summed E-state index contributed by atoms with van der Waals surface area (Å²) in [5.74, 6) is -0.179. The summed E-state index contributed by atoms with van der Waals surface area (Å²) in [5.41, 5.74) is -0.648.